The van der Waals surface area contributed by atoms with Crippen LogP contribution in [0.4, 0.5) is 0 Å². The van der Waals surface area contributed by atoms with Gasteiger partial charge in [0.2, 0.25) is 0 Å². The standard InChI is InChI=1S/C24H34N2O4/c1-6-26(7-2)14-15-29-22-13-10-20(16-23(22)28-5)17-25-24(27)19(4)30-21-11-8-18(3)9-12-21/h8-13,16,19H,6-7,14-15,17H2,1-5H3,(H,25,27). The van der Waals surface area contributed by atoms with E-state index in [4.69, 9.17) is 14.2 Å². The van der Waals surface area contributed by atoms with Crippen LogP contribution in [-0.4, -0.2) is 50.3 Å². The van der Waals surface area contributed by atoms with Crippen molar-refractivity contribution in [2.75, 3.05) is 33.4 Å². The summed E-state index contributed by atoms with van der Waals surface area (Å²) in [6, 6.07) is 13.3. The van der Waals surface area contributed by atoms with Crippen LogP contribution in [0.3, 0.4) is 0 Å². The second-order valence-electron chi connectivity index (χ2n) is 7.15. The molecule has 0 heterocycles. The van der Waals surface area contributed by atoms with Gasteiger partial charge < -0.3 is 24.4 Å². The van der Waals surface area contributed by atoms with Crippen molar-refractivity contribution in [1.29, 1.82) is 0 Å². The number of carbonyl (C=O) groups excluding carboxylic acids is 1. The molecule has 1 atom stereocenters. The number of rotatable bonds is 12. The number of aryl methyl sites for hydroxylation is 1. The smallest absolute Gasteiger partial charge is 0.261 e. The molecule has 2 rings (SSSR count). The van der Waals surface area contributed by atoms with E-state index in [9.17, 15) is 4.79 Å². The van der Waals surface area contributed by atoms with Gasteiger partial charge in [0.25, 0.3) is 5.91 Å². The topological polar surface area (TPSA) is 60.0 Å². The molecule has 1 N–H and O–H groups in total. The van der Waals surface area contributed by atoms with Crippen LogP contribution < -0.4 is 19.5 Å². The first-order chi connectivity index (χ1) is 14.5. The lowest BCUT2D eigenvalue weighted by Crippen LogP contribution is -2.35. The summed E-state index contributed by atoms with van der Waals surface area (Å²) in [4.78, 5) is 14.7. The van der Waals surface area contributed by atoms with Crippen LogP contribution in [0, 0.1) is 6.92 Å². The zero-order chi connectivity index (χ0) is 21.9. The fourth-order valence-corrected chi connectivity index (χ4v) is 2.97. The highest BCUT2D eigenvalue weighted by Crippen LogP contribution is 2.28. The van der Waals surface area contributed by atoms with E-state index < -0.39 is 6.10 Å². The molecular weight excluding hydrogens is 380 g/mol. The fraction of sp³-hybridized carbons (Fsp3) is 0.458. The number of carbonyl (C=O) groups is 1. The van der Waals surface area contributed by atoms with Gasteiger partial charge in [-0.3, -0.25) is 4.79 Å². The number of hydrogen-bond donors (Lipinski definition) is 1. The van der Waals surface area contributed by atoms with Crippen molar-refractivity contribution >= 4 is 5.91 Å². The average molecular weight is 415 g/mol. The van der Waals surface area contributed by atoms with E-state index in [2.05, 4.69) is 24.1 Å². The van der Waals surface area contributed by atoms with Crippen LogP contribution in [0.2, 0.25) is 0 Å². The Kier molecular flexibility index (Phi) is 9.48. The summed E-state index contributed by atoms with van der Waals surface area (Å²) in [6.45, 7) is 11.9. The zero-order valence-corrected chi connectivity index (χ0v) is 18.7. The summed E-state index contributed by atoms with van der Waals surface area (Å²) in [5, 5.41) is 2.91. The molecule has 0 fully saturated rings. The molecule has 2 aromatic rings. The first-order valence-corrected chi connectivity index (χ1v) is 10.5. The molecule has 164 valence electrons. The maximum absolute atomic E-state index is 12.4. The number of benzene rings is 2. The first kappa shape index (κ1) is 23.5. The Morgan fingerprint density at radius 1 is 1.07 bits per heavy atom. The van der Waals surface area contributed by atoms with Gasteiger partial charge in [-0.25, -0.2) is 0 Å². The van der Waals surface area contributed by atoms with Crippen molar-refractivity contribution < 1.29 is 19.0 Å². The highest BCUT2D eigenvalue weighted by atomic mass is 16.5. The van der Waals surface area contributed by atoms with Gasteiger partial charge >= 0.3 is 0 Å². The molecule has 0 spiro atoms. The normalized spacial score (nSPS) is 11.8. The molecule has 0 saturated heterocycles. The molecule has 6 heteroatoms. The van der Waals surface area contributed by atoms with Gasteiger partial charge in [-0.2, -0.15) is 0 Å². The van der Waals surface area contributed by atoms with Crippen molar-refractivity contribution in [3.8, 4) is 17.2 Å². The molecule has 30 heavy (non-hydrogen) atoms. The Hall–Kier alpha value is -2.73. The molecule has 0 radical (unpaired) electrons. The molecule has 1 amide bonds. The van der Waals surface area contributed by atoms with E-state index >= 15 is 0 Å². The molecular formula is C24H34N2O4. The summed E-state index contributed by atoms with van der Waals surface area (Å²) in [6.07, 6.45) is -0.586. The minimum Gasteiger partial charge on any atom is -0.493 e. The van der Waals surface area contributed by atoms with E-state index in [0.29, 0.717) is 30.4 Å². The summed E-state index contributed by atoms with van der Waals surface area (Å²) < 4.78 is 17.0. The van der Waals surface area contributed by atoms with Crippen LogP contribution >= 0.6 is 0 Å². The lowest BCUT2D eigenvalue weighted by atomic mass is 10.2. The summed E-state index contributed by atoms with van der Waals surface area (Å²) in [7, 11) is 1.62. The number of likely N-dealkylation sites (N-methyl/N-ethyl adjacent to an activating group) is 1. The molecule has 0 aliphatic carbocycles. The Bertz CT molecular complexity index is 788. The predicted molar refractivity (Wildman–Crippen MR) is 119 cm³/mol. The van der Waals surface area contributed by atoms with E-state index in [-0.39, 0.29) is 5.91 Å². The molecule has 0 aliphatic rings. The van der Waals surface area contributed by atoms with E-state index in [1.165, 1.54) is 0 Å². The minimum atomic E-state index is -0.586. The van der Waals surface area contributed by atoms with E-state index in [0.717, 1.165) is 30.8 Å². The first-order valence-electron chi connectivity index (χ1n) is 10.5. The third-order valence-corrected chi connectivity index (χ3v) is 4.96. The quantitative estimate of drug-likeness (QED) is 0.572. The molecule has 6 nitrogen and oxygen atoms in total. The molecule has 0 saturated carbocycles. The minimum absolute atomic E-state index is 0.172. The van der Waals surface area contributed by atoms with Crippen molar-refractivity contribution in [1.82, 2.24) is 10.2 Å². The molecule has 0 bridgehead atoms. The summed E-state index contributed by atoms with van der Waals surface area (Å²) >= 11 is 0. The number of amides is 1. The van der Waals surface area contributed by atoms with Crippen molar-refractivity contribution in [3.63, 3.8) is 0 Å². The van der Waals surface area contributed by atoms with Crippen molar-refractivity contribution in [3.05, 3.63) is 53.6 Å². The number of nitrogens with one attached hydrogen (secondary N) is 1. The van der Waals surface area contributed by atoms with Gasteiger partial charge in [-0.05, 0) is 56.8 Å². The van der Waals surface area contributed by atoms with Gasteiger partial charge in [-0.15, -0.1) is 0 Å². The van der Waals surface area contributed by atoms with Gasteiger partial charge in [-0.1, -0.05) is 37.6 Å². The third-order valence-electron chi connectivity index (χ3n) is 4.96. The van der Waals surface area contributed by atoms with Gasteiger partial charge in [0.1, 0.15) is 12.4 Å². The Morgan fingerprint density at radius 3 is 2.40 bits per heavy atom. The van der Waals surface area contributed by atoms with Gasteiger partial charge in [0, 0.05) is 13.1 Å². The summed E-state index contributed by atoms with van der Waals surface area (Å²) in [5.41, 5.74) is 2.08. The largest absolute Gasteiger partial charge is 0.493 e. The monoisotopic (exact) mass is 414 g/mol. The van der Waals surface area contributed by atoms with Crippen molar-refractivity contribution in [2.45, 2.75) is 40.3 Å². The highest BCUT2D eigenvalue weighted by molar-refractivity contribution is 5.80. The highest BCUT2D eigenvalue weighted by Gasteiger charge is 2.15. The third kappa shape index (κ3) is 7.26. The molecule has 1 unspecified atom stereocenters. The number of hydrogen-bond acceptors (Lipinski definition) is 5. The van der Waals surface area contributed by atoms with Gasteiger partial charge in [0.15, 0.2) is 17.6 Å². The lowest BCUT2D eigenvalue weighted by Gasteiger charge is -2.19. The maximum Gasteiger partial charge on any atom is 0.261 e. The van der Waals surface area contributed by atoms with E-state index in [1.807, 2.05) is 49.4 Å². The average Bonchev–Trinajstić information content (AvgIpc) is 2.77. The number of ether oxygens (including phenoxy) is 3. The predicted octanol–water partition coefficient (Wildman–Crippen LogP) is 3.81. The van der Waals surface area contributed by atoms with E-state index in [1.54, 1.807) is 14.0 Å². The van der Waals surface area contributed by atoms with Crippen LogP contribution in [-0.2, 0) is 11.3 Å². The van der Waals surface area contributed by atoms with Crippen LogP contribution in [0.15, 0.2) is 42.5 Å². The SMILES string of the molecule is CCN(CC)CCOc1ccc(CNC(=O)C(C)Oc2ccc(C)cc2)cc1OC. The second-order valence-corrected chi connectivity index (χ2v) is 7.15. The number of methoxy groups -OCH3 is 1. The molecule has 2 aromatic carbocycles. The fourth-order valence-electron chi connectivity index (χ4n) is 2.97. The van der Waals surface area contributed by atoms with Crippen LogP contribution in [0.5, 0.6) is 17.2 Å². The second kappa shape index (κ2) is 12.1. The Labute approximate surface area is 180 Å². The molecule has 0 aliphatic heterocycles. The Balaban J connectivity index is 1.86. The van der Waals surface area contributed by atoms with Crippen molar-refractivity contribution in [2.24, 2.45) is 0 Å². The summed E-state index contributed by atoms with van der Waals surface area (Å²) in [5.74, 6) is 1.87. The maximum atomic E-state index is 12.4. The zero-order valence-electron chi connectivity index (χ0n) is 18.7. The van der Waals surface area contributed by atoms with Crippen LogP contribution in [0.1, 0.15) is 31.9 Å². The molecule has 0 aromatic heterocycles. The Morgan fingerprint density at radius 2 is 1.77 bits per heavy atom. The van der Waals surface area contributed by atoms with Gasteiger partial charge in [0.05, 0.1) is 7.11 Å². The lowest BCUT2D eigenvalue weighted by molar-refractivity contribution is -0.127. The number of nitrogens with zero attached hydrogens (tertiary/aromatic N) is 1. The van der Waals surface area contributed by atoms with Crippen LogP contribution in [0.25, 0.3) is 0 Å².